The van der Waals surface area contributed by atoms with Crippen molar-refractivity contribution in [1.82, 2.24) is 15.3 Å². The summed E-state index contributed by atoms with van der Waals surface area (Å²) in [5.41, 5.74) is 2.29. The van der Waals surface area contributed by atoms with E-state index in [1.807, 2.05) is 30.5 Å². The molecular weight excluding hydrogens is 222 g/mol. The molecule has 1 N–H and O–H groups in total. The summed E-state index contributed by atoms with van der Waals surface area (Å²) in [5, 5.41) is 3.36. The Kier molecular flexibility index (Phi) is 4.42. The third kappa shape index (κ3) is 3.93. The Labute approximate surface area is 108 Å². The molecule has 3 nitrogen and oxygen atoms in total. The van der Waals surface area contributed by atoms with Crippen LogP contribution in [-0.2, 0) is 13.0 Å². The van der Waals surface area contributed by atoms with Gasteiger partial charge >= 0.3 is 0 Å². The van der Waals surface area contributed by atoms with E-state index in [2.05, 4.69) is 41.3 Å². The first-order valence-corrected chi connectivity index (χ1v) is 6.32. The maximum absolute atomic E-state index is 4.57. The molecule has 0 saturated carbocycles. The average Bonchev–Trinajstić information content (AvgIpc) is 2.38. The summed E-state index contributed by atoms with van der Waals surface area (Å²) in [7, 11) is 0. The molecule has 1 aromatic carbocycles. The first-order valence-electron chi connectivity index (χ1n) is 6.32. The van der Waals surface area contributed by atoms with E-state index in [1.54, 1.807) is 0 Å². The highest BCUT2D eigenvalue weighted by atomic mass is 14.9. The first-order chi connectivity index (χ1) is 8.74. The second kappa shape index (κ2) is 6.26. The third-order valence-corrected chi connectivity index (χ3v) is 2.66. The predicted molar refractivity (Wildman–Crippen MR) is 73.3 cm³/mol. The number of benzene rings is 1. The Bertz CT molecular complexity index is 480. The van der Waals surface area contributed by atoms with Crippen LogP contribution in [-0.4, -0.2) is 16.0 Å². The molecule has 0 spiro atoms. The quantitative estimate of drug-likeness (QED) is 0.874. The van der Waals surface area contributed by atoms with Gasteiger partial charge in [-0.2, -0.15) is 0 Å². The lowest BCUT2D eigenvalue weighted by Gasteiger charge is -2.08. The topological polar surface area (TPSA) is 37.8 Å². The van der Waals surface area contributed by atoms with Gasteiger partial charge in [-0.25, -0.2) is 9.97 Å². The van der Waals surface area contributed by atoms with Crippen molar-refractivity contribution in [2.45, 2.75) is 32.9 Å². The Hall–Kier alpha value is -1.74. The van der Waals surface area contributed by atoms with Gasteiger partial charge < -0.3 is 5.32 Å². The van der Waals surface area contributed by atoms with Crippen molar-refractivity contribution in [3.8, 4) is 0 Å². The molecule has 0 saturated heterocycles. The Morgan fingerprint density at radius 2 is 1.89 bits per heavy atom. The van der Waals surface area contributed by atoms with Crippen molar-refractivity contribution in [2.75, 3.05) is 0 Å². The van der Waals surface area contributed by atoms with Crippen LogP contribution in [0.3, 0.4) is 0 Å². The molecule has 0 amide bonds. The number of hydrogen-bond donors (Lipinski definition) is 1. The highest BCUT2D eigenvalue weighted by Gasteiger charge is 2.01. The lowest BCUT2D eigenvalue weighted by molar-refractivity contribution is 0.579. The third-order valence-electron chi connectivity index (χ3n) is 2.66. The van der Waals surface area contributed by atoms with Crippen LogP contribution >= 0.6 is 0 Å². The largest absolute Gasteiger partial charge is 0.309 e. The van der Waals surface area contributed by atoms with Gasteiger partial charge in [0, 0.05) is 25.2 Å². The van der Waals surface area contributed by atoms with Gasteiger partial charge in [-0.1, -0.05) is 44.2 Å². The molecule has 0 radical (unpaired) electrons. The van der Waals surface area contributed by atoms with Crippen LogP contribution in [0.2, 0.25) is 0 Å². The molecule has 18 heavy (non-hydrogen) atoms. The molecule has 2 rings (SSSR count). The number of aromatic nitrogens is 2. The second-order valence-electron chi connectivity index (χ2n) is 4.66. The van der Waals surface area contributed by atoms with Gasteiger partial charge in [-0.05, 0) is 11.6 Å². The Balaban J connectivity index is 2.03. The van der Waals surface area contributed by atoms with Gasteiger partial charge in [-0.3, -0.25) is 0 Å². The molecule has 0 aliphatic rings. The summed E-state index contributed by atoms with van der Waals surface area (Å²) < 4.78 is 0. The van der Waals surface area contributed by atoms with Crippen LogP contribution in [0, 0.1) is 0 Å². The molecule has 0 unspecified atom stereocenters. The van der Waals surface area contributed by atoms with Crippen molar-refractivity contribution < 1.29 is 0 Å². The summed E-state index contributed by atoms with van der Waals surface area (Å²) in [4.78, 5) is 8.89. The average molecular weight is 241 g/mol. The lowest BCUT2D eigenvalue weighted by Crippen LogP contribution is -2.22. The first kappa shape index (κ1) is 12.7. The summed E-state index contributed by atoms with van der Waals surface area (Å²) >= 11 is 0. The Morgan fingerprint density at radius 3 is 2.61 bits per heavy atom. The van der Waals surface area contributed by atoms with Gasteiger partial charge in [0.15, 0.2) is 0 Å². The van der Waals surface area contributed by atoms with E-state index in [0.717, 1.165) is 24.5 Å². The van der Waals surface area contributed by atoms with Crippen molar-refractivity contribution in [3.63, 3.8) is 0 Å². The molecule has 1 aromatic heterocycles. The van der Waals surface area contributed by atoms with E-state index < -0.39 is 0 Å². The molecule has 0 fully saturated rings. The van der Waals surface area contributed by atoms with Gasteiger partial charge in [0.1, 0.15) is 5.82 Å². The molecule has 3 heteroatoms. The molecule has 2 aromatic rings. The number of nitrogens with zero attached hydrogens (tertiary/aromatic N) is 2. The second-order valence-corrected chi connectivity index (χ2v) is 4.66. The van der Waals surface area contributed by atoms with E-state index in [4.69, 9.17) is 0 Å². The van der Waals surface area contributed by atoms with E-state index >= 15 is 0 Å². The fraction of sp³-hybridized carbons (Fsp3) is 0.333. The van der Waals surface area contributed by atoms with Crippen LogP contribution in [0.5, 0.6) is 0 Å². The highest BCUT2D eigenvalue weighted by molar-refractivity contribution is 5.19. The normalized spacial score (nSPS) is 10.8. The number of hydrogen-bond acceptors (Lipinski definition) is 3. The van der Waals surface area contributed by atoms with Crippen LogP contribution in [0.15, 0.2) is 42.6 Å². The zero-order valence-corrected chi connectivity index (χ0v) is 10.9. The van der Waals surface area contributed by atoms with Crippen LogP contribution in [0.1, 0.15) is 30.9 Å². The van der Waals surface area contributed by atoms with Crippen molar-refractivity contribution in [1.29, 1.82) is 0 Å². The van der Waals surface area contributed by atoms with E-state index in [0.29, 0.717) is 6.04 Å². The molecule has 0 aliphatic heterocycles. The summed E-state index contributed by atoms with van der Waals surface area (Å²) in [5.74, 6) is 0.879. The van der Waals surface area contributed by atoms with E-state index in [-0.39, 0.29) is 0 Å². The summed E-state index contributed by atoms with van der Waals surface area (Å²) in [6, 6.07) is 12.7. The summed E-state index contributed by atoms with van der Waals surface area (Å²) in [6.45, 7) is 5.06. The zero-order valence-electron chi connectivity index (χ0n) is 10.9. The maximum Gasteiger partial charge on any atom is 0.132 e. The number of rotatable bonds is 5. The standard InChI is InChI=1S/C15H19N3/c1-12(2)17-11-14-8-9-16-15(18-14)10-13-6-4-3-5-7-13/h3-9,12,17H,10-11H2,1-2H3. The SMILES string of the molecule is CC(C)NCc1ccnc(Cc2ccccc2)n1. The monoisotopic (exact) mass is 241 g/mol. The van der Waals surface area contributed by atoms with Crippen LogP contribution in [0.4, 0.5) is 0 Å². The van der Waals surface area contributed by atoms with Crippen LogP contribution in [0.25, 0.3) is 0 Å². The van der Waals surface area contributed by atoms with Crippen molar-refractivity contribution in [2.24, 2.45) is 0 Å². The van der Waals surface area contributed by atoms with E-state index in [9.17, 15) is 0 Å². The minimum Gasteiger partial charge on any atom is -0.309 e. The Morgan fingerprint density at radius 1 is 1.11 bits per heavy atom. The highest BCUT2D eigenvalue weighted by Crippen LogP contribution is 2.05. The lowest BCUT2D eigenvalue weighted by atomic mass is 10.1. The fourth-order valence-corrected chi connectivity index (χ4v) is 1.71. The predicted octanol–water partition coefficient (Wildman–Crippen LogP) is 2.57. The van der Waals surface area contributed by atoms with Gasteiger partial charge in [-0.15, -0.1) is 0 Å². The smallest absolute Gasteiger partial charge is 0.132 e. The van der Waals surface area contributed by atoms with Gasteiger partial charge in [0.2, 0.25) is 0 Å². The molecule has 94 valence electrons. The minimum absolute atomic E-state index is 0.470. The van der Waals surface area contributed by atoms with E-state index in [1.165, 1.54) is 5.56 Å². The molecular formula is C15H19N3. The van der Waals surface area contributed by atoms with Crippen molar-refractivity contribution >= 4 is 0 Å². The molecule has 0 bridgehead atoms. The number of nitrogens with one attached hydrogen (secondary N) is 1. The fourth-order valence-electron chi connectivity index (χ4n) is 1.71. The maximum atomic E-state index is 4.57. The zero-order chi connectivity index (χ0) is 12.8. The molecule has 1 heterocycles. The van der Waals surface area contributed by atoms with Crippen molar-refractivity contribution in [3.05, 3.63) is 59.7 Å². The molecule has 0 atom stereocenters. The van der Waals surface area contributed by atoms with Gasteiger partial charge in [0.05, 0.1) is 5.69 Å². The summed E-state index contributed by atoms with van der Waals surface area (Å²) in [6.07, 6.45) is 2.62. The molecule has 0 aliphatic carbocycles. The minimum atomic E-state index is 0.470. The van der Waals surface area contributed by atoms with Gasteiger partial charge in [0.25, 0.3) is 0 Å². The van der Waals surface area contributed by atoms with Crippen LogP contribution < -0.4 is 5.32 Å².